The van der Waals surface area contributed by atoms with Gasteiger partial charge in [-0.2, -0.15) is 0 Å². The fraction of sp³-hybridized carbons (Fsp3) is 0.818. The lowest BCUT2D eigenvalue weighted by Gasteiger charge is -2.22. The highest BCUT2D eigenvalue weighted by molar-refractivity contribution is 4.70. The van der Waals surface area contributed by atoms with Gasteiger partial charge in [-0.05, 0) is 26.2 Å². The van der Waals surface area contributed by atoms with Crippen LogP contribution in [0.2, 0.25) is 0 Å². The molecule has 4 atom stereocenters. The monoisotopic (exact) mass is 202 g/mol. The number of aliphatic hydroxyl groups is 2. The maximum Gasteiger partial charge on any atom is 0.0974 e. The number of rotatable bonds is 7. The smallest absolute Gasteiger partial charge is 0.0974 e. The minimum absolute atomic E-state index is 0.0288. The molecule has 3 nitrogen and oxygen atoms in total. The summed E-state index contributed by atoms with van der Waals surface area (Å²) in [4.78, 5) is 0. The summed E-state index contributed by atoms with van der Waals surface area (Å²) in [5.41, 5.74) is 0. The van der Waals surface area contributed by atoms with Crippen LogP contribution in [0.15, 0.2) is 12.8 Å². The van der Waals surface area contributed by atoms with Crippen LogP contribution >= 0.6 is 0 Å². The van der Waals surface area contributed by atoms with Crippen LogP contribution in [0.3, 0.4) is 0 Å². The summed E-state index contributed by atoms with van der Waals surface area (Å²) in [5, 5.41) is 18.9. The lowest BCUT2D eigenvalue weighted by atomic mass is 9.94. The molecular weight excluding hydrogens is 180 g/mol. The molecule has 0 spiro atoms. The lowest BCUT2D eigenvalue weighted by Crippen LogP contribution is -2.25. The summed E-state index contributed by atoms with van der Waals surface area (Å²) in [5.74, 6) is 0.0888. The number of aliphatic hydroxyl groups excluding tert-OH is 2. The third-order valence-corrected chi connectivity index (χ3v) is 2.27. The average Bonchev–Trinajstić information content (AvgIpc) is 2.02. The minimum Gasteiger partial charge on any atom is -0.499 e. The van der Waals surface area contributed by atoms with Crippen molar-refractivity contribution in [2.24, 2.45) is 5.92 Å². The van der Waals surface area contributed by atoms with Gasteiger partial charge in [-0.3, -0.25) is 0 Å². The van der Waals surface area contributed by atoms with Crippen molar-refractivity contribution in [1.82, 2.24) is 0 Å². The van der Waals surface area contributed by atoms with Gasteiger partial charge in [-0.15, -0.1) is 0 Å². The van der Waals surface area contributed by atoms with E-state index in [1.54, 1.807) is 6.92 Å². The molecule has 0 aliphatic heterocycles. The van der Waals surface area contributed by atoms with E-state index < -0.39 is 6.10 Å². The highest BCUT2D eigenvalue weighted by atomic mass is 16.5. The van der Waals surface area contributed by atoms with Crippen LogP contribution in [0.1, 0.15) is 33.6 Å². The zero-order chi connectivity index (χ0) is 11.1. The van der Waals surface area contributed by atoms with Crippen molar-refractivity contribution >= 4 is 0 Å². The number of ether oxygens (including phenoxy) is 1. The standard InChI is InChI=1S/C11H22O3/c1-5-14-10(4)7-11(13)8(2)6-9(3)12/h5,8-13H,1,6-7H2,2-4H3. The quantitative estimate of drug-likeness (QED) is 0.618. The van der Waals surface area contributed by atoms with Gasteiger partial charge in [0.15, 0.2) is 0 Å². The van der Waals surface area contributed by atoms with E-state index in [1.807, 2.05) is 13.8 Å². The van der Waals surface area contributed by atoms with Crippen LogP contribution in [0.25, 0.3) is 0 Å². The fourth-order valence-electron chi connectivity index (χ4n) is 1.49. The number of hydrogen-bond donors (Lipinski definition) is 2. The van der Waals surface area contributed by atoms with Gasteiger partial charge < -0.3 is 14.9 Å². The fourth-order valence-corrected chi connectivity index (χ4v) is 1.49. The molecule has 2 N–H and O–H groups in total. The lowest BCUT2D eigenvalue weighted by molar-refractivity contribution is 0.0310. The van der Waals surface area contributed by atoms with Crippen LogP contribution in [0.4, 0.5) is 0 Å². The molecule has 4 unspecified atom stereocenters. The van der Waals surface area contributed by atoms with Crippen molar-refractivity contribution in [2.45, 2.75) is 51.9 Å². The Labute approximate surface area is 86.4 Å². The maximum absolute atomic E-state index is 9.74. The predicted molar refractivity (Wildman–Crippen MR) is 56.8 cm³/mol. The van der Waals surface area contributed by atoms with E-state index in [1.165, 1.54) is 6.26 Å². The average molecular weight is 202 g/mol. The Kier molecular flexibility index (Phi) is 6.58. The Morgan fingerprint density at radius 3 is 2.21 bits per heavy atom. The van der Waals surface area contributed by atoms with Crippen LogP contribution in [0, 0.1) is 5.92 Å². The molecule has 0 aliphatic carbocycles. The van der Waals surface area contributed by atoms with Gasteiger partial charge in [-0.1, -0.05) is 13.5 Å². The van der Waals surface area contributed by atoms with Gasteiger partial charge >= 0.3 is 0 Å². The van der Waals surface area contributed by atoms with Crippen molar-refractivity contribution in [3.8, 4) is 0 Å². The Hall–Kier alpha value is -0.540. The van der Waals surface area contributed by atoms with Gasteiger partial charge in [0.05, 0.1) is 24.6 Å². The van der Waals surface area contributed by atoms with E-state index >= 15 is 0 Å². The van der Waals surface area contributed by atoms with E-state index in [9.17, 15) is 5.11 Å². The van der Waals surface area contributed by atoms with Crippen LogP contribution < -0.4 is 0 Å². The first-order valence-corrected chi connectivity index (χ1v) is 5.09. The van der Waals surface area contributed by atoms with Gasteiger partial charge in [0.1, 0.15) is 0 Å². The third-order valence-electron chi connectivity index (χ3n) is 2.27. The molecule has 0 fully saturated rings. The normalized spacial score (nSPS) is 19.5. The molecular formula is C11H22O3. The summed E-state index contributed by atoms with van der Waals surface area (Å²) in [6, 6.07) is 0. The van der Waals surface area contributed by atoms with Gasteiger partial charge in [0, 0.05) is 6.42 Å². The second kappa shape index (κ2) is 6.85. The molecule has 0 saturated heterocycles. The molecule has 0 saturated carbocycles. The molecule has 14 heavy (non-hydrogen) atoms. The van der Waals surface area contributed by atoms with Crippen molar-refractivity contribution < 1.29 is 14.9 Å². The third kappa shape index (κ3) is 6.00. The van der Waals surface area contributed by atoms with E-state index in [4.69, 9.17) is 9.84 Å². The maximum atomic E-state index is 9.74. The van der Waals surface area contributed by atoms with Crippen LogP contribution in [-0.2, 0) is 4.74 Å². The van der Waals surface area contributed by atoms with Gasteiger partial charge in [0.25, 0.3) is 0 Å². The first-order valence-electron chi connectivity index (χ1n) is 5.09. The second-order valence-corrected chi connectivity index (χ2v) is 3.98. The molecule has 0 amide bonds. The second-order valence-electron chi connectivity index (χ2n) is 3.98. The van der Waals surface area contributed by atoms with Crippen molar-refractivity contribution in [2.75, 3.05) is 0 Å². The largest absolute Gasteiger partial charge is 0.499 e. The summed E-state index contributed by atoms with van der Waals surface area (Å²) in [6.07, 6.45) is 1.74. The van der Waals surface area contributed by atoms with Crippen molar-refractivity contribution in [3.63, 3.8) is 0 Å². The molecule has 84 valence electrons. The highest BCUT2D eigenvalue weighted by Crippen LogP contribution is 2.16. The predicted octanol–water partition coefficient (Wildman–Crippen LogP) is 1.69. The Bertz CT molecular complexity index is 157. The molecule has 0 bridgehead atoms. The zero-order valence-electron chi connectivity index (χ0n) is 9.31. The molecule has 0 rings (SSSR count). The van der Waals surface area contributed by atoms with Gasteiger partial charge in [0.2, 0.25) is 0 Å². The zero-order valence-corrected chi connectivity index (χ0v) is 9.31. The topological polar surface area (TPSA) is 49.7 Å². The Balaban J connectivity index is 3.81. The van der Waals surface area contributed by atoms with E-state index in [2.05, 4.69) is 6.58 Å². The minimum atomic E-state index is -0.431. The van der Waals surface area contributed by atoms with Crippen molar-refractivity contribution in [1.29, 1.82) is 0 Å². The van der Waals surface area contributed by atoms with E-state index in [0.717, 1.165) is 0 Å². The summed E-state index contributed by atoms with van der Waals surface area (Å²) < 4.78 is 5.11. The van der Waals surface area contributed by atoms with Crippen LogP contribution in [0.5, 0.6) is 0 Å². The Morgan fingerprint density at radius 1 is 1.21 bits per heavy atom. The molecule has 0 radical (unpaired) electrons. The SMILES string of the molecule is C=COC(C)CC(O)C(C)CC(C)O. The molecule has 0 aromatic rings. The highest BCUT2D eigenvalue weighted by Gasteiger charge is 2.18. The van der Waals surface area contributed by atoms with Gasteiger partial charge in [-0.25, -0.2) is 0 Å². The molecule has 0 aromatic heterocycles. The van der Waals surface area contributed by atoms with Crippen LogP contribution in [-0.4, -0.2) is 28.5 Å². The Morgan fingerprint density at radius 2 is 1.79 bits per heavy atom. The summed E-state index contributed by atoms with van der Waals surface area (Å²) in [6.45, 7) is 9.00. The van der Waals surface area contributed by atoms with Crippen molar-refractivity contribution in [3.05, 3.63) is 12.8 Å². The first kappa shape index (κ1) is 13.5. The summed E-state index contributed by atoms with van der Waals surface area (Å²) in [7, 11) is 0. The molecule has 0 heterocycles. The van der Waals surface area contributed by atoms with E-state index in [-0.39, 0.29) is 18.1 Å². The number of hydrogen-bond acceptors (Lipinski definition) is 3. The first-order chi connectivity index (χ1) is 6.47. The molecule has 0 aromatic carbocycles. The molecule has 0 aliphatic rings. The summed E-state index contributed by atoms with van der Waals surface area (Å²) >= 11 is 0. The van der Waals surface area contributed by atoms with E-state index in [0.29, 0.717) is 12.8 Å². The molecule has 3 heteroatoms.